The maximum absolute atomic E-state index is 13.3. The first-order chi connectivity index (χ1) is 16.6. The van der Waals surface area contributed by atoms with Crippen LogP contribution in [0, 0.1) is 27.7 Å². The summed E-state index contributed by atoms with van der Waals surface area (Å²) >= 11 is 0. The van der Waals surface area contributed by atoms with Crippen molar-refractivity contribution >= 4 is 21.6 Å². The largest absolute Gasteiger partial charge is 0.484 e. The first-order valence-electron chi connectivity index (χ1n) is 11.8. The molecule has 0 fully saturated rings. The molecule has 0 radical (unpaired) electrons. The molecule has 184 valence electrons. The van der Waals surface area contributed by atoms with Crippen LogP contribution >= 0.6 is 0 Å². The predicted octanol–water partition coefficient (Wildman–Crippen LogP) is 4.93. The van der Waals surface area contributed by atoms with E-state index in [1.807, 2.05) is 38.1 Å². The van der Waals surface area contributed by atoms with Gasteiger partial charge in [0, 0.05) is 6.54 Å². The number of sulfonamides is 1. The second kappa shape index (κ2) is 9.74. The Morgan fingerprint density at radius 2 is 1.69 bits per heavy atom. The molecule has 4 rings (SSSR count). The Balaban J connectivity index is 1.41. The monoisotopic (exact) mass is 492 g/mol. The van der Waals surface area contributed by atoms with Crippen LogP contribution in [-0.4, -0.2) is 27.5 Å². The van der Waals surface area contributed by atoms with Crippen molar-refractivity contribution in [2.45, 2.75) is 52.0 Å². The fraction of sp³-hybridized carbons (Fsp3) is 0.321. The lowest BCUT2D eigenvalue weighted by Crippen LogP contribution is -2.31. The maximum Gasteiger partial charge on any atom is 0.264 e. The summed E-state index contributed by atoms with van der Waals surface area (Å²) in [5, 5.41) is 2.99. The number of nitrogens with zero attached hydrogens (tertiary/aromatic N) is 1. The molecule has 0 bridgehead atoms. The average molecular weight is 493 g/mol. The SMILES string of the molecule is Cc1cc(C)c([C@H](C)NC(=O)COc2ccc(S(=O)(=O)N3CCc4ccccc43)cc2C)cc1C. The van der Waals surface area contributed by atoms with Gasteiger partial charge in [-0.3, -0.25) is 9.10 Å². The van der Waals surface area contributed by atoms with Crippen molar-refractivity contribution in [3.8, 4) is 5.75 Å². The first kappa shape index (κ1) is 24.8. The summed E-state index contributed by atoms with van der Waals surface area (Å²) in [6.45, 7) is 10.2. The van der Waals surface area contributed by atoms with Gasteiger partial charge < -0.3 is 10.1 Å². The van der Waals surface area contributed by atoms with Gasteiger partial charge in [0.1, 0.15) is 5.75 Å². The zero-order valence-corrected chi connectivity index (χ0v) is 21.7. The number of carbonyl (C=O) groups is 1. The molecule has 1 aliphatic heterocycles. The average Bonchev–Trinajstić information content (AvgIpc) is 3.25. The van der Waals surface area contributed by atoms with Crippen LogP contribution in [0.15, 0.2) is 59.5 Å². The van der Waals surface area contributed by atoms with Crippen molar-refractivity contribution in [3.63, 3.8) is 0 Å². The molecule has 1 N–H and O–H groups in total. The number of benzene rings is 3. The van der Waals surface area contributed by atoms with Crippen LogP contribution in [0.4, 0.5) is 5.69 Å². The third-order valence-electron chi connectivity index (χ3n) is 6.66. The molecule has 0 spiro atoms. The second-order valence-electron chi connectivity index (χ2n) is 9.25. The highest BCUT2D eigenvalue weighted by molar-refractivity contribution is 7.92. The van der Waals surface area contributed by atoms with Gasteiger partial charge in [0.05, 0.1) is 16.6 Å². The summed E-state index contributed by atoms with van der Waals surface area (Å²) in [5.41, 5.74) is 7.04. The van der Waals surface area contributed by atoms with Gasteiger partial charge in [-0.25, -0.2) is 8.42 Å². The Bertz CT molecular complexity index is 1380. The molecule has 3 aromatic rings. The zero-order chi connectivity index (χ0) is 25.3. The van der Waals surface area contributed by atoms with Crippen LogP contribution in [0.3, 0.4) is 0 Å². The van der Waals surface area contributed by atoms with E-state index in [1.54, 1.807) is 19.1 Å². The van der Waals surface area contributed by atoms with Crippen molar-refractivity contribution in [1.29, 1.82) is 0 Å². The van der Waals surface area contributed by atoms with Gasteiger partial charge in [0.2, 0.25) is 0 Å². The van der Waals surface area contributed by atoms with E-state index in [9.17, 15) is 13.2 Å². The van der Waals surface area contributed by atoms with Crippen molar-refractivity contribution in [2.24, 2.45) is 0 Å². The molecule has 0 unspecified atom stereocenters. The van der Waals surface area contributed by atoms with Gasteiger partial charge in [-0.1, -0.05) is 30.3 Å². The first-order valence-corrected chi connectivity index (χ1v) is 13.2. The van der Waals surface area contributed by atoms with E-state index in [4.69, 9.17) is 4.74 Å². The van der Waals surface area contributed by atoms with Crippen LogP contribution in [0.2, 0.25) is 0 Å². The van der Waals surface area contributed by atoms with E-state index in [-0.39, 0.29) is 23.5 Å². The highest BCUT2D eigenvalue weighted by atomic mass is 32.2. The summed E-state index contributed by atoms with van der Waals surface area (Å²) in [7, 11) is -3.68. The van der Waals surface area contributed by atoms with E-state index in [1.165, 1.54) is 21.5 Å². The smallest absolute Gasteiger partial charge is 0.264 e. The molecular weight excluding hydrogens is 460 g/mol. The summed E-state index contributed by atoms with van der Waals surface area (Å²) in [5.74, 6) is 0.246. The standard InChI is InChI=1S/C28H32N2O4S/c1-18-14-20(3)25(16-19(18)2)22(5)29-28(31)17-34-27-11-10-24(15-21(27)4)35(32,33)30-13-12-23-8-6-7-9-26(23)30/h6-11,14-16,22H,12-13,17H2,1-5H3,(H,29,31)/t22-/m0/s1. The Kier molecular flexibility index (Phi) is 6.90. The van der Waals surface area contributed by atoms with E-state index < -0.39 is 10.0 Å². The van der Waals surface area contributed by atoms with Crippen LogP contribution < -0.4 is 14.4 Å². The lowest BCUT2D eigenvalue weighted by Gasteiger charge is -2.20. The molecule has 1 heterocycles. The molecule has 1 amide bonds. The number of rotatable bonds is 7. The van der Waals surface area contributed by atoms with Crippen LogP contribution in [0.25, 0.3) is 0 Å². The molecule has 1 aliphatic rings. The highest BCUT2D eigenvalue weighted by Crippen LogP contribution is 2.33. The Morgan fingerprint density at radius 1 is 0.971 bits per heavy atom. The van der Waals surface area contributed by atoms with Gasteiger partial charge in [-0.2, -0.15) is 0 Å². The van der Waals surface area contributed by atoms with E-state index in [2.05, 4.69) is 31.3 Å². The van der Waals surface area contributed by atoms with Crippen LogP contribution in [-0.2, 0) is 21.2 Å². The lowest BCUT2D eigenvalue weighted by atomic mass is 9.96. The molecule has 0 aromatic heterocycles. The van der Waals surface area contributed by atoms with Crippen molar-refractivity contribution in [3.05, 3.63) is 88.0 Å². The molecule has 1 atom stereocenters. The quantitative estimate of drug-likeness (QED) is 0.508. The topological polar surface area (TPSA) is 75.7 Å². The molecule has 0 saturated carbocycles. The van der Waals surface area contributed by atoms with Crippen LogP contribution in [0.5, 0.6) is 5.75 Å². The summed E-state index contributed by atoms with van der Waals surface area (Å²) in [6, 6.07) is 16.4. The molecule has 7 heteroatoms. The van der Waals surface area contributed by atoms with E-state index in [0.717, 1.165) is 22.4 Å². The minimum absolute atomic E-state index is 0.151. The fourth-order valence-corrected chi connectivity index (χ4v) is 6.17. The highest BCUT2D eigenvalue weighted by Gasteiger charge is 2.30. The van der Waals surface area contributed by atoms with Crippen LogP contribution in [0.1, 0.15) is 46.3 Å². The van der Waals surface area contributed by atoms with E-state index >= 15 is 0 Å². The minimum Gasteiger partial charge on any atom is -0.484 e. The maximum atomic E-state index is 13.3. The Labute approximate surface area is 208 Å². The number of carbonyl (C=O) groups excluding carboxylic acids is 1. The normalized spacial score (nSPS) is 13.9. The number of amides is 1. The number of nitrogens with one attached hydrogen (secondary N) is 1. The van der Waals surface area contributed by atoms with E-state index in [0.29, 0.717) is 24.3 Å². The van der Waals surface area contributed by atoms with Gasteiger partial charge in [0.15, 0.2) is 6.61 Å². The molecule has 6 nitrogen and oxygen atoms in total. The Morgan fingerprint density at radius 3 is 2.43 bits per heavy atom. The minimum atomic E-state index is -3.68. The van der Waals surface area contributed by atoms with Gasteiger partial charge in [-0.05, 0) is 98.7 Å². The number of ether oxygens (including phenoxy) is 1. The van der Waals surface area contributed by atoms with Gasteiger partial charge in [0.25, 0.3) is 15.9 Å². The number of para-hydroxylation sites is 1. The summed E-state index contributed by atoms with van der Waals surface area (Å²) < 4.78 is 33.7. The van der Waals surface area contributed by atoms with Crippen molar-refractivity contribution < 1.29 is 17.9 Å². The Hall–Kier alpha value is -3.32. The van der Waals surface area contributed by atoms with Gasteiger partial charge >= 0.3 is 0 Å². The van der Waals surface area contributed by atoms with Crippen molar-refractivity contribution in [1.82, 2.24) is 5.32 Å². The number of hydrogen-bond donors (Lipinski definition) is 1. The number of aryl methyl sites for hydroxylation is 4. The zero-order valence-electron chi connectivity index (χ0n) is 20.9. The number of hydrogen-bond acceptors (Lipinski definition) is 4. The molecular formula is C28H32N2O4S. The molecule has 0 aliphatic carbocycles. The molecule has 3 aromatic carbocycles. The number of anilines is 1. The number of fused-ring (bicyclic) bond motifs is 1. The van der Waals surface area contributed by atoms with Crippen molar-refractivity contribution in [2.75, 3.05) is 17.5 Å². The second-order valence-corrected chi connectivity index (χ2v) is 11.1. The van der Waals surface area contributed by atoms with Gasteiger partial charge in [-0.15, -0.1) is 0 Å². The molecule has 35 heavy (non-hydrogen) atoms. The fourth-order valence-electron chi connectivity index (χ4n) is 4.58. The third-order valence-corrected chi connectivity index (χ3v) is 8.47. The third kappa shape index (κ3) is 5.05. The summed E-state index contributed by atoms with van der Waals surface area (Å²) in [4.78, 5) is 12.8. The summed E-state index contributed by atoms with van der Waals surface area (Å²) in [6.07, 6.45) is 0.699. The lowest BCUT2D eigenvalue weighted by molar-refractivity contribution is -0.123. The predicted molar refractivity (Wildman–Crippen MR) is 139 cm³/mol. The molecule has 0 saturated heterocycles.